The van der Waals surface area contributed by atoms with Crippen molar-refractivity contribution < 1.29 is 18.4 Å². The number of aliphatic hydroxyl groups is 1. The van der Waals surface area contributed by atoms with Crippen molar-refractivity contribution in [3.63, 3.8) is 0 Å². The van der Waals surface area contributed by atoms with Gasteiger partial charge in [-0.15, -0.1) is 0 Å². The maximum Gasteiger partial charge on any atom is 0.502 e. The molecule has 0 aliphatic rings. The van der Waals surface area contributed by atoms with Gasteiger partial charge in [0.1, 0.15) is 0 Å². The van der Waals surface area contributed by atoms with Gasteiger partial charge in [0.05, 0.1) is 6.10 Å². The number of aliphatic hydroxyl groups excluding tert-OH is 1. The zero-order valence-electron chi connectivity index (χ0n) is 7.16. The molecule has 5 heteroatoms. The van der Waals surface area contributed by atoms with E-state index in [1.54, 1.807) is 0 Å². The van der Waals surface area contributed by atoms with Gasteiger partial charge in [0.15, 0.2) is 0 Å². The number of hydrogen-bond acceptors (Lipinski definition) is 4. The highest BCUT2D eigenvalue weighted by atomic mass is 28.4. The second kappa shape index (κ2) is 4.84. The lowest BCUT2D eigenvalue weighted by molar-refractivity contribution is 0.107. The Kier molecular flexibility index (Phi) is 4.86. The van der Waals surface area contributed by atoms with Crippen molar-refractivity contribution in [1.82, 2.24) is 0 Å². The van der Waals surface area contributed by atoms with Crippen LogP contribution in [0, 0.1) is 6.92 Å². The molecule has 1 N–H and O–H groups in total. The molecule has 0 bridgehead atoms. The Bertz CT molecular complexity index is 94.5. The van der Waals surface area contributed by atoms with Crippen LogP contribution < -0.4 is 0 Å². The summed E-state index contributed by atoms with van der Waals surface area (Å²) in [6, 6.07) is 0.316. The third kappa shape index (κ3) is 3.30. The minimum Gasteiger partial charge on any atom is -0.393 e. The molecule has 0 aliphatic carbocycles. The van der Waals surface area contributed by atoms with E-state index in [9.17, 15) is 0 Å². The Morgan fingerprint density at radius 2 is 1.64 bits per heavy atom. The molecule has 0 aromatic heterocycles. The summed E-state index contributed by atoms with van der Waals surface area (Å²) >= 11 is 0. The summed E-state index contributed by atoms with van der Waals surface area (Å²) < 4.78 is 15.1. The summed E-state index contributed by atoms with van der Waals surface area (Å²) in [5, 5.41) is 8.96. The minimum absolute atomic E-state index is 0.316. The van der Waals surface area contributed by atoms with Crippen molar-refractivity contribution in [2.45, 2.75) is 12.1 Å². The summed E-state index contributed by atoms with van der Waals surface area (Å²) in [5.41, 5.74) is 0. The molecule has 4 nitrogen and oxygen atoms in total. The Morgan fingerprint density at radius 3 is 1.73 bits per heavy atom. The SMILES string of the molecule is [CH2]C(O)C[Si](OC)(OC)OC. The maximum absolute atomic E-state index is 8.96. The number of hydrogen-bond donors (Lipinski definition) is 1. The first kappa shape index (κ1) is 11.1. The highest BCUT2D eigenvalue weighted by Crippen LogP contribution is 2.14. The molecule has 0 amide bonds. The van der Waals surface area contributed by atoms with Crippen molar-refractivity contribution in [2.75, 3.05) is 21.3 Å². The first-order chi connectivity index (χ1) is 5.10. The topological polar surface area (TPSA) is 47.9 Å². The van der Waals surface area contributed by atoms with Crippen molar-refractivity contribution >= 4 is 8.80 Å². The van der Waals surface area contributed by atoms with Gasteiger partial charge in [-0.25, -0.2) is 0 Å². The summed E-state index contributed by atoms with van der Waals surface area (Å²) in [4.78, 5) is 0. The van der Waals surface area contributed by atoms with E-state index >= 15 is 0 Å². The van der Waals surface area contributed by atoms with Crippen LogP contribution in [0.25, 0.3) is 0 Å². The standard InChI is InChI=1S/C6H15O4Si/c1-6(7)5-11(8-2,9-3)10-4/h6-7H,1,5H2,2-4H3. The first-order valence-electron chi connectivity index (χ1n) is 3.27. The van der Waals surface area contributed by atoms with Crippen LogP contribution in [-0.2, 0) is 13.3 Å². The Balaban J connectivity index is 4.05. The van der Waals surface area contributed by atoms with Crippen molar-refractivity contribution in [3.8, 4) is 0 Å². The fraction of sp³-hybridized carbons (Fsp3) is 0.833. The average Bonchev–Trinajstić information content (AvgIpc) is 2.00. The molecule has 0 fully saturated rings. The zero-order chi connectivity index (χ0) is 8.91. The Labute approximate surface area is 68.4 Å². The molecule has 1 unspecified atom stereocenters. The van der Waals surface area contributed by atoms with E-state index in [1.165, 1.54) is 21.3 Å². The molecule has 67 valence electrons. The van der Waals surface area contributed by atoms with Crippen LogP contribution in [0.2, 0.25) is 6.04 Å². The van der Waals surface area contributed by atoms with E-state index in [0.29, 0.717) is 6.04 Å². The quantitative estimate of drug-likeness (QED) is 0.606. The van der Waals surface area contributed by atoms with E-state index in [0.717, 1.165) is 0 Å². The lowest BCUT2D eigenvalue weighted by Gasteiger charge is -2.25. The molecule has 1 radical (unpaired) electrons. The van der Waals surface area contributed by atoms with Gasteiger partial charge in [-0.1, -0.05) is 0 Å². The van der Waals surface area contributed by atoms with Gasteiger partial charge in [-0.2, -0.15) is 0 Å². The highest BCUT2D eigenvalue weighted by Gasteiger charge is 2.38. The number of rotatable bonds is 5. The summed E-state index contributed by atoms with van der Waals surface area (Å²) in [7, 11) is 1.91. The molecule has 0 rings (SSSR count). The average molecular weight is 179 g/mol. The van der Waals surface area contributed by atoms with Crippen LogP contribution in [0.1, 0.15) is 0 Å². The van der Waals surface area contributed by atoms with Gasteiger partial charge in [-0.3, -0.25) is 0 Å². The van der Waals surface area contributed by atoms with Gasteiger partial charge in [0.2, 0.25) is 0 Å². The molecule has 0 saturated carbocycles. The second-order valence-corrected chi connectivity index (χ2v) is 5.15. The van der Waals surface area contributed by atoms with E-state index in [4.69, 9.17) is 18.4 Å². The van der Waals surface area contributed by atoms with E-state index in [1.807, 2.05) is 0 Å². The summed E-state index contributed by atoms with van der Waals surface area (Å²) in [6.07, 6.45) is -0.707. The molecule has 0 aromatic rings. The molecule has 11 heavy (non-hydrogen) atoms. The van der Waals surface area contributed by atoms with Crippen LogP contribution in [0.3, 0.4) is 0 Å². The molecule has 0 heterocycles. The van der Waals surface area contributed by atoms with Crippen molar-refractivity contribution in [3.05, 3.63) is 6.92 Å². The normalized spacial score (nSPS) is 15.0. The molecule has 1 atom stereocenters. The molecular weight excluding hydrogens is 164 g/mol. The first-order valence-corrected chi connectivity index (χ1v) is 5.20. The van der Waals surface area contributed by atoms with Crippen LogP contribution in [0.5, 0.6) is 0 Å². The van der Waals surface area contributed by atoms with Gasteiger partial charge in [0, 0.05) is 27.4 Å². The smallest absolute Gasteiger partial charge is 0.393 e. The Morgan fingerprint density at radius 1 is 1.27 bits per heavy atom. The van der Waals surface area contributed by atoms with Gasteiger partial charge in [0.25, 0.3) is 0 Å². The fourth-order valence-electron chi connectivity index (χ4n) is 0.789. The summed E-state index contributed by atoms with van der Waals surface area (Å²) in [6.45, 7) is 3.42. The zero-order valence-corrected chi connectivity index (χ0v) is 8.16. The largest absolute Gasteiger partial charge is 0.502 e. The van der Waals surface area contributed by atoms with Gasteiger partial charge in [-0.05, 0) is 6.92 Å². The Hall–Kier alpha value is 0.0569. The predicted octanol–water partition coefficient (Wildman–Crippen LogP) is 0.0595. The van der Waals surface area contributed by atoms with E-state index in [-0.39, 0.29) is 0 Å². The fourth-order valence-corrected chi connectivity index (χ4v) is 2.37. The molecule has 0 aromatic carbocycles. The third-order valence-electron chi connectivity index (χ3n) is 1.42. The van der Waals surface area contributed by atoms with Crippen LogP contribution in [0.15, 0.2) is 0 Å². The minimum atomic E-state index is -2.59. The van der Waals surface area contributed by atoms with Crippen LogP contribution in [0.4, 0.5) is 0 Å². The predicted molar refractivity (Wildman–Crippen MR) is 43.0 cm³/mol. The molecular formula is C6H15O4Si. The van der Waals surface area contributed by atoms with Gasteiger partial charge < -0.3 is 18.4 Å². The lowest BCUT2D eigenvalue weighted by atomic mass is 10.5. The van der Waals surface area contributed by atoms with E-state index in [2.05, 4.69) is 6.92 Å². The molecule has 0 saturated heterocycles. The van der Waals surface area contributed by atoms with Crippen molar-refractivity contribution in [2.24, 2.45) is 0 Å². The van der Waals surface area contributed by atoms with Gasteiger partial charge >= 0.3 is 8.80 Å². The summed E-state index contributed by atoms with van der Waals surface area (Å²) in [5.74, 6) is 0. The second-order valence-electron chi connectivity index (χ2n) is 2.15. The highest BCUT2D eigenvalue weighted by molar-refractivity contribution is 6.60. The monoisotopic (exact) mass is 179 g/mol. The van der Waals surface area contributed by atoms with E-state index < -0.39 is 14.9 Å². The maximum atomic E-state index is 8.96. The molecule has 0 spiro atoms. The molecule has 0 aliphatic heterocycles. The van der Waals surface area contributed by atoms with Crippen LogP contribution in [-0.4, -0.2) is 41.3 Å². The third-order valence-corrected chi connectivity index (χ3v) is 4.26. The van der Waals surface area contributed by atoms with Crippen molar-refractivity contribution in [1.29, 1.82) is 0 Å². The lowest BCUT2D eigenvalue weighted by Crippen LogP contribution is -2.45. The van der Waals surface area contributed by atoms with Crippen LogP contribution >= 0.6 is 0 Å².